The standard InChI is InChI=1S/C33H39N9O3.ClH/c34-20-23-3-7-26(8-4-23)32(43)42(28-12-9-25(10-13-28)31-37-39-40-38-31)33(44)29(35)19-22-1-5-24(6-2-22)27-11-14-30(36-21-27)41-15-17-45-18-16-41;/h1-2,5-6,9-14,21,23,26,29H,3-4,7-8,15-20,34-35H2,(H,37,38,39,40);1H/t23?,26?,29-;/m0./s1. The second-order valence-electron chi connectivity index (χ2n) is 11.8. The molecule has 2 aromatic heterocycles. The largest absolute Gasteiger partial charge is 0.378 e. The zero-order valence-electron chi connectivity index (χ0n) is 25.6. The topological polar surface area (TPSA) is 169 Å². The van der Waals surface area contributed by atoms with Crippen LogP contribution in [-0.2, 0) is 20.7 Å². The SMILES string of the molecule is Cl.NCC1CCC(C(=O)N(C(=O)[C@@H](N)Cc2ccc(-c3ccc(N4CCOCC4)nc3)cc2)c2ccc(-c3nn[nH]n3)cc2)CC1. The molecule has 242 valence electrons. The van der Waals surface area contributed by atoms with E-state index in [-0.39, 0.29) is 30.7 Å². The number of aromatic amines is 1. The van der Waals surface area contributed by atoms with Crippen molar-refractivity contribution in [1.82, 2.24) is 25.6 Å². The average molecular weight is 646 g/mol. The van der Waals surface area contributed by atoms with Gasteiger partial charge >= 0.3 is 0 Å². The molecule has 1 aliphatic heterocycles. The quantitative estimate of drug-likeness (QED) is 0.245. The van der Waals surface area contributed by atoms with Gasteiger partial charge in [-0.05, 0) is 97.3 Å². The van der Waals surface area contributed by atoms with Gasteiger partial charge in [0.05, 0.1) is 24.9 Å². The summed E-state index contributed by atoms with van der Waals surface area (Å²) in [5, 5.41) is 14.1. The number of amides is 2. The first-order valence-electron chi connectivity index (χ1n) is 15.6. The normalized spacial score (nSPS) is 18.8. The first-order valence-corrected chi connectivity index (χ1v) is 15.6. The first-order chi connectivity index (χ1) is 22.0. The smallest absolute Gasteiger partial charge is 0.251 e. The highest BCUT2D eigenvalue weighted by molar-refractivity contribution is 6.17. The van der Waals surface area contributed by atoms with Crippen molar-refractivity contribution in [3.05, 3.63) is 72.4 Å². The molecule has 4 aromatic rings. The number of pyridine rings is 1. The Morgan fingerprint density at radius 3 is 2.22 bits per heavy atom. The number of carbonyl (C=O) groups excluding carboxylic acids is 2. The van der Waals surface area contributed by atoms with Crippen LogP contribution < -0.4 is 21.3 Å². The highest BCUT2D eigenvalue weighted by Crippen LogP contribution is 2.32. The number of H-pyrrole nitrogens is 1. The van der Waals surface area contributed by atoms with Crippen LogP contribution in [0.4, 0.5) is 11.5 Å². The van der Waals surface area contributed by atoms with E-state index in [2.05, 4.69) is 36.6 Å². The van der Waals surface area contributed by atoms with E-state index in [1.807, 2.05) is 36.5 Å². The number of hydrogen-bond acceptors (Lipinski definition) is 10. The lowest BCUT2D eigenvalue weighted by Gasteiger charge is -2.32. The average Bonchev–Trinajstić information content (AvgIpc) is 3.65. The Hall–Kier alpha value is -4.23. The van der Waals surface area contributed by atoms with Gasteiger partial charge in [-0.1, -0.05) is 24.3 Å². The Morgan fingerprint density at radius 1 is 0.935 bits per heavy atom. The van der Waals surface area contributed by atoms with Crippen molar-refractivity contribution in [2.45, 2.75) is 38.1 Å². The molecule has 3 heterocycles. The van der Waals surface area contributed by atoms with Crippen molar-refractivity contribution >= 4 is 35.7 Å². The van der Waals surface area contributed by atoms with Crippen molar-refractivity contribution < 1.29 is 14.3 Å². The van der Waals surface area contributed by atoms with Gasteiger partial charge in [0, 0.05) is 36.3 Å². The molecular formula is C33H40ClN9O3. The van der Waals surface area contributed by atoms with E-state index >= 15 is 0 Å². The number of rotatable bonds is 9. The molecule has 13 heteroatoms. The molecule has 0 spiro atoms. The summed E-state index contributed by atoms with van der Waals surface area (Å²) in [6.45, 7) is 3.71. The van der Waals surface area contributed by atoms with Crippen LogP contribution in [-0.4, -0.2) is 76.3 Å². The Bertz CT molecular complexity index is 1550. The third kappa shape index (κ3) is 7.59. The number of aromatic nitrogens is 5. The van der Waals surface area contributed by atoms with Crippen molar-refractivity contribution in [2.24, 2.45) is 23.3 Å². The van der Waals surface area contributed by atoms with E-state index < -0.39 is 11.9 Å². The molecule has 2 aliphatic rings. The molecular weight excluding hydrogens is 606 g/mol. The maximum atomic E-state index is 13.9. The van der Waals surface area contributed by atoms with Gasteiger partial charge in [0.25, 0.3) is 5.91 Å². The van der Waals surface area contributed by atoms with Gasteiger partial charge in [0.15, 0.2) is 0 Å². The number of benzene rings is 2. The summed E-state index contributed by atoms with van der Waals surface area (Å²) >= 11 is 0. The predicted octanol–water partition coefficient (Wildman–Crippen LogP) is 3.38. The maximum Gasteiger partial charge on any atom is 0.251 e. The number of carbonyl (C=O) groups is 2. The van der Waals surface area contributed by atoms with E-state index in [1.165, 1.54) is 4.90 Å². The number of nitrogens with zero attached hydrogens (tertiary/aromatic N) is 6. The van der Waals surface area contributed by atoms with Gasteiger partial charge < -0.3 is 21.1 Å². The van der Waals surface area contributed by atoms with Gasteiger partial charge in [0.1, 0.15) is 5.82 Å². The van der Waals surface area contributed by atoms with Crippen LogP contribution in [0.2, 0.25) is 0 Å². The highest BCUT2D eigenvalue weighted by Gasteiger charge is 2.35. The number of anilines is 2. The molecule has 1 saturated heterocycles. The number of nitrogens with one attached hydrogen (secondary N) is 1. The molecule has 12 nitrogen and oxygen atoms in total. The maximum absolute atomic E-state index is 13.9. The molecule has 1 saturated carbocycles. The van der Waals surface area contributed by atoms with Gasteiger partial charge in [-0.3, -0.25) is 9.59 Å². The molecule has 2 amide bonds. The van der Waals surface area contributed by atoms with Gasteiger partial charge in [-0.2, -0.15) is 5.21 Å². The Kier molecular flexibility index (Phi) is 11.1. The minimum Gasteiger partial charge on any atom is -0.378 e. The van der Waals surface area contributed by atoms with Crippen LogP contribution in [0, 0.1) is 11.8 Å². The minimum absolute atomic E-state index is 0. The third-order valence-corrected chi connectivity index (χ3v) is 8.84. The van der Waals surface area contributed by atoms with E-state index in [1.54, 1.807) is 24.3 Å². The minimum atomic E-state index is -0.911. The van der Waals surface area contributed by atoms with E-state index in [4.69, 9.17) is 16.2 Å². The van der Waals surface area contributed by atoms with Crippen LogP contribution in [0.25, 0.3) is 22.5 Å². The number of morpholine rings is 1. The fourth-order valence-corrected chi connectivity index (χ4v) is 6.11. The monoisotopic (exact) mass is 645 g/mol. The second kappa shape index (κ2) is 15.4. The molecule has 1 aliphatic carbocycles. The number of imide groups is 1. The number of hydrogen-bond donors (Lipinski definition) is 3. The number of halogens is 1. The van der Waals surface area contributed by atoms with Crippen molar-refractivity contribution in [3.63, 3.8) is 0 Å². The molecule has 46 heavy (non-hydrogen) atoms. The van der Waals surface area contributed by atoms with E-state index in [0.717, 1.165) is 48.4 Å². The van der Waals surface area contributed by atoms with Gasteiger partial charge in [0.2, 0.25) is 11.7 Å². The molecule has 0 radical (unpaired) electrons. The Morgan fingerprint density at radius 2 is 1.61 bits per heavy atom. The lowest BCUT2D eigenvalue weighted by atomic mass is 9.81. The fourth-order valence-electron chi connectivity index (χ4n) is 6.11. The van der Waals surface area contributed by atoms with Crippen LogP contribution in [0.1, 0.15) is 31.2 Å². The molecule has 0 unspecified atom stereocenters. The zero-order chi connectivity index (χ0) is 31.2. The van der Waals surface area contributed by atoms with Gasteiger partial charge in [-0.15, -0.1) is 22.6 Å². The fraction of sp³-hybridized carbons (Fsp3) is 0.394. The number of tetrazole rings is 1. The van der Waals surface area contributed by atoms with Crippen LogP contribution in [0.5, 0.6) is 0 Å². The zero-order valence-corrected chi connectivity index (χ0v) is 26.4. The summed E-state index contributed by atoms with van der Waals surface area (Å²) in [4.78, 5) is 36.0. The summed E-state index contributed by atoms with van der Waals surface area (Å²) in [7, 11) is 0. The van der Waals surface area contributed by atoms with Crippen molar-refractivity contribution in [3.8, 4) is 22.5 Å². The molecule has 0 bridgehead atoms. The Balaban J connectivity index is 0.00000417. The van der Waals surface area contributed by atoms with Crippen LogP contribution >= 0.6 is 12.4 Å². The third-order valence-electron chi connectivity index (χ3n) is 8.84. The van der Waals surface area contributed by atoms with Gasteiger partial charge in [-0.25, -0.2) is 9.88 Å². The molecule has 2 fully saturated rings. The Labute approximate surface area is 274 Å². The summed E-state index contributed by atoms with van der Waals surface area (Å²) in [5.74, 6) is 0.871. The molecule has 1 atom stereocenters. The molecule has 6 rings (SSSR count). The second-order valence-corrected chi connectivity index (χ2v) is 11.8. The highest BCUT2D eigenvalue weighted by atomic mass is 35.5. The van der Waals surface area contributed by atoms with E-state index in [0.29, 0.717) is 55.6 Å². The van der Waals surface area contributed by atoms with E-state index in [9.17, 15) is 9.59 Å². The predicted molar refractivity (Wildman–Crippen MR) is 178 cm³/mol. The van der Waals surface area contributed by atoms with Crippen LogP contribution in [0.3, 0.4) is 0 Å². The lowest BCUT2D eigenvalue weighted by molar-refractivity contribution is -0.130. The van der Waals surface area contributed by atoms with Crippen LogP contribution in [0.15, 0.2) is 66.9 Å². The summed E-state index contributed by atoms with van der Waals surface area (Å²) in [6.07, 6.45) is 5.31. The number of ether oxygens (including phenoxy) is 1. The molecule has 2 aromatic carbocycles. The first kappa shape index (κ1) is 33.1. The lowest BCUT2D eigenvalue weighted by Crippen LogP contribution is -2.50. The summed E-state index contributed by atoms with van der Waals surface area (Å²) < 4.78 is 5.44. The summed E-state index contributed by atoms with van der Waals surface area (Å²) in [6, 6.07) is 18.1. The number of nitrogens with two attached hydrogens (primary N) is 2. The summed E-state index contributed by atoms with van der Waals surface area (Å²) in [5.41, 5.74) is 16.5. The van der Waals surface area contributed by atoms with Crippen molar-refractivity contribution in [1.29, 1.82) is 0 Å². The molecule has 5 N–H and O–H groups in total. The van der Waals surface area contributed by atoms with Crippen molar-refractivity contribution in [2.75, 3.05) is 42.6 Å².